The van der Waals surface area contributed by atoms with Crippen LogP contribution in [0.1, 0.15) is 46.7 Å². The summed E-state index contributed by atoms with van der Waals surface area (Å²) < 4.78 is 1.78. The Kier molecular flexibility index (Phi) is 6.14. The van der Waals surface area contributed by atoms with E-state index in [4.69, 9.17) is 0 Å². The van der Waals surface area contributed by atoms with Gasteiger partial charge in [0, 0.05) is 37.5 Å². The van der Waals surface area contributed by atoms with Gasteiger partial charge in [0.1, 0.15) is 0 Å². The van der Waals surface area contributed by atoms with Crippen molar-refractivity contribution in [3.63, 3.8) is 0 Å². The average molecular weight is 363 g/mol. The molecular formula is C17H26N6OS. The molecule has 1 aliphatic rings. The number of rotatable bonds is 7. The zero-order valence-corrected chi connectivity index (χ0v) is 15.8. The summed E-state index contributed by atoms with van der Waals surface area (Å²) in [6, 6.07) is 0.558. The first-order valence-electron chi connectivity index (χ1n) is 8.91. The first kappa shape index (κ1) is 18.0. The zero-order chi connectivity index (χ0) is 17.6. The predicted octanol–water partition coefficient (Wildman–Crippen LogP) is 1.89. The molecular weight excluding hydrogens is 336 g/mol. The van der Waals surface area contributed by atoms with E-state index < -0.39 is 0 Å². The largest absolute Gasteiger partial charge is 0.340 e. The Balaban J connectivity index is 1.48. The minimum atomic E-state index is -0.0794. The van der Waals surface area contributed by atoms with Crippen LogP contribution in [-0.4, -0.2) is 57.0 Å². The number of nitrogens with one attached hydrogen (secondary N) is 1. The van der Waals surface area contributed by atoms with E-state index in [-0.39, 0.29) is 5.91 Å². The molecule has 3 rings (SSSR count). The molecule has 0 spiro atoms. The second kappa shape index (κ2) is 8.53. The number of hydrogen-bond donors (Lipinski definition) is 1. The molecule has 7 nitrogen and oxygen atoms in total. The molecule has 0 aliphatic carbocycles. The van der Waals surface area contributed by atoms with E-state index in [2.05, 4.69) is 20.6 Å². The second-order valence-corrected chi connectivity index (χ2v) is 7.58. The standard InChI is InChI=1S/C17H26N6OS/c1-13-16(25-12-19-13)7-9-22(2)17(24)15-11-23(21-20-15)10-6-14-5-3-4-8-18-14/h11-12,14,18H,3-10H2,1-2H3. The summed E-state index contributed by atoms with van der Waals surface area (Å²) in [5, 5.41) is 11.7. The number of aromatic nitrogens is 4. The Bertz CT molecular complexity index is 691. The maximum atomic E-state index is 12.5. The van der Waals surface area contributed by atoms with Crippen molar-refractivity contribution in [1.29, 1.82) is 0 Å². The molecule has 25 heavy (non-hydrogen) atoms. The van der Waals surface area contributed by atoms with Crippen LogP contribution in [0.5, 0.6) is 0 Å². The van der Waals surface area contributed by atoms with Crippen molar-refractivity contribution in [2.75, 3.05) is 20.1 Å². The summed E-state index contributed by atoms with van der Waals surface area (Å²) in [6.07, 6.45) is 7.40. The van der Waals surface area contributed by atoms with Crippen molar-refractivity contribution >= 4 is 17.2 Å². The topological polar surface area (TPSA) is 75.9 Å². The lowest BCUT2D eigenvalue weighted by atomic mass is 10.0. The fraction of sp³-hybridized carbons (Fsp3) is 0.647. The molecule has 3 heterocycles. The SMILES string of the molecule is Cc1ncsc1CCN(C)C(=O)c1cn(CCC2CCCCN2)nn1. The number of carbonyl (C=O) groups excluding carboxylic acids is 1. The molecule has 2 aromatic rings. The molecule has 1 unspecified atom stereocenters. The number of hydrogen-bond acceptors (Lipinski definition) is 6. The van der Waals surface area contributed by atoms with E-state index in [1.165, 1.54) is 24.1 Å². The lowest BCUT2D eigenvalue weighted by Crippen LogP contribution is -2.34. The molecule has 0 bridgehead atoms. The van der Waals surface area contributed by atoms with Crippen LogP contribution in [0.25, 0.3) is 0 Å². The van der Waals surface area contributed by atoms with Crippen molar-refractivity contribution < 1.29 is 4.79 Å². The second-order valence-electron chi connectivity index (χ2n) is 6.64. The smallest absolute Gasteiger partial charge is 0.275 e. The van der Waals surface area contributed by atoms with Crippen LogP contribution in [0.4, 0.5) is 0 Å². The van der Waals surface area contributed by atoms with E-state index in [0.717, 1.165) is 31.6 Å². The highest BCUT2D eigenvalue weighted by Gasteiger charge is 2.17. The van der Waals surface area contributed by atoms with E-state index in [1.54, 1.807) is 27.1 Å². The van der Waals surface area contributed by atoms with Gasteiger partial charge < -0.3 is 10.2 Å². The highest BCUT2D eigenvalue weighted by Crippen LogP contribution is 2.14. The fourth-order valence-corrected chi connectivity index (χ4v) is 3.87. The van der Waals surface area contributed by atoms with Gasteiger partial charge in [0.05, 0.1) is 17.4 Å². The molecule has 0 saturated carbocycles. The number of amides is 1. The lowest BCUT2D eigenvalue weighted by molar-refractivity contribution is 0.0791. The highest BCUT2D eigenvalue weighted by atomic mass is 32.1. The van der Waals surface area contributed by atoms with Gasteiger partial charge in [-0.15, -0.1) is 16.4 Å². The molecule has 2 aromatic heterocycles. The lowest BCUT2D eigenvalue weighted by Gasteiger charge is -2.23. The van der Waals surface area contributed by atoms with Crippen LogP contribution in [0.2, 0.25) is 0 Å². The quantitative estimate of drug-likeness (QED) is 0.814. The third-order valence-corrected chi connectivity index (χ3v) is 5.74. The van der Waals surface area contributed by atoms with Crippen molar-refractivity contribution in [1.82, 2.24) is 30.2 Å². The Labute approximate surface area is 152 Å². The monoisotopic (exact) mass is 362 g/mol. The minimum Gasteiger partial charge on any atom is -0.340 e. The Morgan fingerprint density at radius 3 is 3.08 bits per heavy atom. The molecule has 1 amide bonds. The molecule has 1 atom stereocenters. The normalized spacial score (nSPS) is 17.6. The number of carbonyl (C=O) groups is 1. The Hall–Kier alpha value is -1.80. The first-order chi connectivity index (χ1) is 12.1. The molecule has 0 aromatic carbocycles. The molecule has 0 radical (unpaired) electrons. The highest BCUT2D eigenvalue weighted by molar-refractivity contribution is 7.09. The van der Waals surface area contributed by atoms with Gasteiger partial charge in [-0.2, -0.15) is 0 Å². The van der Waals surface area contributed by atoms with Crippen LogP contribution >= 0.6 is 11.3 Å². The Morgan fingerprint density at radius 1 is 1.48 bits per heavy atom. The summed E-state index contributed by atoms with van der Waals surface area (Å²) in [5.74, 6) is -0.0794. The molecule has 136 valence electrons. The van der Waals surface area contributed by atoms with E-state index in [0.29, 0.717) is 18.3 Å². The van der Waals surface area contributed by atoms with Gasteiger partial charge in [-0.25, -0.2) is 4.98 Å². The van der Waals surface area contributed by atoms with Gasteiger partial charge in [-0.1, -0.05) is 11.6 Å². The van der Waals surface area contributed by atoms with Crippen molar-refractivity contribution in [2.24, 2.45) is 0 Å². The molecule has 1 aliphatic heterocycles. The van der Waals surface area contributed by atoms with Crippen LogP contribution in [-0.2, 0) is 13.0 Å². The summed E-state index contributed by atoms with van der Waals surface area (Å²) in [4.78, 5) is 19.7. The van der Waals surface area contributed by atoms with Crippen LogP contribution < -0.4 is 5.32 Å². The fourth-order valence-electron chi connectivity index (χ4n) is 3.10. The van der Waals surface area contributed by atoms with Gasteiger partial charge in [0.25, 0.3) is 5.91 Å². The summed E-state index contributed by atoms with van der Waals surface area (Å²) in [6.45, 7) is 4.55. The Morgan fingerprint density at radius 2 is 2.36 bits per heavy atom. The molecule has 1 fully saturated rings. The summed E-state index contributed by atoms with van der Waals surface area (Å²) in [7, 11) is 1.81. The summed E-state index contributed by atoms with van der Waals surface area (Å²) in [5.41, 5.74) is 3.31. The molecule has 8 heteroatoms. The van der Waals surface area contributed by atoms with Crippen LogP contribution in [0, 0.1) is 6.92 Å². The van der Waals surface area contributed by atoms with Gasteiger partial charge in [-0.3, -0.25) is 9.48 Å². The maximum Gasteiger partial charge on any atom is 0.275 e. The third kappa shape index (κ3) is 4.85. The van der Waals surface area contributed by atoms with Crippen molar-refractivity contribution in [2.45, 2.75) is 51.6 Å². The predicted molar refractivity (Wildman–Crippen MR) is 97.8 cm³/mol. The number of likely N-dealkylation sites (N-methyl/N-ethyl adjacent to an activating group) is 1. The van der Waals surface area contributed by atoms with Crippen LogP contribution in [0.15, 0.2) is 11.7 Å². The van der Waals surface area contributed by atoms with Crippen LogP contribution in [0.3, 0.4) is 0 Å². The van der Waals surface area contributed by atoms with E-state index >= 15 is 0 Å². The third-order valence-electron chi connectivity index (χ3n) is 4.74. The molecule has 1 N–H and O–H groups in total. The minimum absolute atomic E-state index is 0.0794. The maximum absolute atomic E-state index is 12.5. The first-order valence-corrected chi connectivity index (χ1v) is 9.79. The molecule has 1 saturated heterocycles. The zero-order valence-electron chi connectivity index (χ0n) is 14.9. The summed E-state index contributed by atoms with van der Waals surface area (Å²) >= 11 is 1.64. The number of thiazole rings is 1. The van der Waals surface area contributed by atoms with Gasteiger partial charge >= 0.3 is 0 Å². The van der Waals surface area contributed by atoms with Gasteiger partial charge in [-0.05, 0) is 32.7 Å². The van der Waals surface area contributed by atoms with E-state index in [9.17, 15) is 4.79 Å². The number of aryl methyl sites for hydroxylation is 2. The van der Waals surface area contributed by atoms with Crippen molar-refractivity contribution in [3.8, 4) is 0 Å². The number of piperidine rings is 1. The van der Waals surface area contributed by atoms with E-state index in [1.807, 2.05) is 19.5 Å². The van der Waals surface area contributed by atoms with Gasteiger partial charge in [0.15, 0.2) is 5.69 Å². The number of nitrogens with zero attached hydrogens (tertiary/aromatic N) is 5. The average Bonchev–Trinajstić information content (AvgIpc) is 3.27. The van der Waals surface area contributed by atoms with Gasteiger partial charge in [0.2, 0.25) is 0 Å². The van der Waals surface area contributed by atoms with Crippen molar-refractivity contribution in [3.05, 3.63) is 28.0 Å².